The molecule has 92 valence electrons. The van der Waals surface area contributed by atoms with Crippen molar-refractivity contribution in [1.29, 1.82) is 0 Å². The van der Waals surface area contributed by atoms with Gasteiger partial charge in [-0.05, 0) is 33.7 Å². The summed E-state index contributed by atoms with van der Waals surface area (Å²) in [5.74, 6) is 0. The van der Waals surface area contributed by atoms with Crippen LogP contribution in [-0.2, 0) is 10.0 Å². The lowest BCUT2D eigenvalue weighted by molar-refractivity contribution is 0.291. The number of piperidine rings is 1. The molecule has 0 aromatic rings. The molecule has 1 atom stereocenters. The number of likely N-dealkylation sites (N-methyl/N-ethyl adjacent to an activating group) is 1. The van der Waals surface area contributed by atoms with E-state index in [9.17, 15) is 8.42 Å². The van der Waals surface area contributed by atoms with Gasteiger partial charge < -0.3 is 5.32 Å². The van der Waals surface area contributed by atoms with E-state index in [1.807, 2.05) is 7.05 Å². The van der Waals surface area contributed by atoms with Crippen LogP contribution in [0.5, 0.6) is 0 Å². The molecule has 0 aliphatic carbocycles. The molecule has 1 rings (SSSR count). The summed E-state index contributed by atoms with van der Waals surface area (Å²) in [7, 11) is -1.16. The van der Waals surface area contributed by atoms with Crippen molar-refractivity contribution in [2.75, 3.05) is 20.1 Å². The Hall–Kier alpha value is 0.160. The molecule has 0 saturated carbocycles. The van der Waals surface area contributed by atoms with Crippen molar-refractivity contribution in [3.63, 3.8) is 0 Å². The summed E-state index contributed by atoms with van der Waals surface area (Å²) in [6, 6.07) is 0.317. The second kappa shape index (κ2) is 6.03. The third-order valence-corrected chi connectivity index (χ3v) is 4.99. The first-order chi connectivity index (χ1) is 6.48. The van der Waals surface area contributed by atoms with Crippen molar-refractivity contribution in [3.05, 3.63) is 0 Å². The van der Waals surface area contributed by atoms with Crippen LogP contribution in [0.1, 0.15) is 26.7 Å². The topological polar surface area (TPSA) is 49.4 Å². The summed E-state index contributed by atoms with van der Waals surface area (Å²) in [4.78, 5) is 0. The second-order valence-corrected chi connectivity index (χ2v) is 6.57. The van der Waals surface area contributed by atoms with Crippen LogP contribution in [0.2, 0.25) is 0 Å². The molecule has 1 heterocycles. The van der Waals surface area contributed by atoms with E-state index in [-0.39, 0.29) is 17.7 Å². The van der Waals surface area contributed by atoms with Gasteiger partial charge in [0, 0.05) is 19.1 Å². The van der Waals surface area contributed by atoms with Gasteiger partial charge in [-0.1, -0.05) is 0 Å². The van der Waals surface area contributed by atoms with Gasteiger partial charge in [0.05, 0.1) is 5.25 Å². The van der Waals surface area contributed by atoms with E-state index in [1.54, 1.807) is 18.2 Å². The number of hydrogen-bond acceptors (Lipinski definition) is 3. The van der Waals surface area contributed by atoms with Gasteiger partial charge in [-0.15, -0.1) is 12.4 Å². The highest BCUT2D eigenvalue weighted by Gasteiger charge is 2.30. The first-order valence-corrected chi connectivity index (χ1v) is 6.65. The fraction of sp³-hybridized carbons (Fsp3) is 1.00. The highest BCUT2D eigenvalue weighted by molar-refractivity contribution is 7.89. The molecule has 1 saturated heterocycles. The van der Waals surface area contributed by atoms with E-state index < -0.39 is 10.0 Å². The zero-order valence-electron chi connectivity index (χ0n) is 9.56. The van der Waals surface area contributed by atoms with Gasteiger partial charge in [-0.25, -0.2) is 12.7 Å². The van der Waals surface area contributed by atoms with E-state index in [4.69, 9.17) is 0 Å². The highest BCUT2D eigenvalue weighted by Crippen LogP contribution is 2.16. The smallest absolute Gasteiger partial charge is 0.216 e. The van der Waals surface area contributed by atoms with Crippen LogP contribution >= 0.6 is 12.4 Å². The summed E-state index contributed by atoms with van der Waals surface area (Å²) in [6.07, 6.45) is 2.03. The molecule has 0 bridgehead atoms. The second-order valence-electron chi connectivity index (χ2n) is 4.08. The third kappa shape index (κ3) is 3.59. The highest BCUT2D eigenvalue weighted by atomic mass is 35.5. The van der Waals surface area contributed by atoms with Crippen molar-refractivity contribution in [1.82, 2.24) is 9.62 Å². The maximum Gasteiger partial charge on any atom is 0.216 e. The van der Waals surface area contributed by atoms with E-state index in [1.165, 1.54) is 0 Å². The van der Waals surface area contributed by atoms with Crippen molar-refractivity contribution in [2.45, 2.75) is 38.0 Å². The Labute approximate surface area is 98.9 Å². The van der Waals surface area contributed by atoms with Crippen molar-refractivity contribution >= 4 is 22.4 Å². The number of hydrogen-bond donors (Lipinski definition) is 1. The van der Waals surface area contributed by atoms with E-state index >= 15 is 0 Å². The Morgan fingerprint density at radius 1 is 1.40 bits per heavy atom. The minimum absolute atomic E-state index is 0. The molecule has 15 heavy (non-hydrogen) atoms. The molecule has 0 spiro atoms. The number of halogens is 1. The zero-order valence-corrected chi connectivity index (χ0v) is 11.2. The van der Waals surface area contributed by atoms with Gasteiger partial charge in [-0.3, -0.25) is 0 Å². The molecule has 0 radical (unpaired) electrons. The van der Waals surface area contributed by atoms with Crippen molar-refractivity contribution in [2.24, 2.45) is 0 Å². The largest absolute Gasteiger partial charge is 0.316 e. The molecule has 0 aromatic carbocycles. The van der Waals surface area contributed by atoms with Crippen LogP contribution in [0, 0.1) is 0 Å². The van der Waals surface area contributed by atoms with Crippen LogP contribution in [-0.4, -0.2) is 44.2 Å². The number of nitrogens with one attached hydrogen (secondary N) is 1. The summed E-state index contributed by atoms with van der Waals surface area (Å²) >= 11 is 0. The maximum atomic E-state index is 11.8. The molecular formula is C9H21ClN2O2S. The standard InChI is InChI=1S/C9H20N2O2S.ClH/c1-8(2)14(12,13)11-6-4-5-9(7-11)10-3;/h8-10H,4-7H2,1-3H3;1H/t9-;/m0./s1. The van der Waals surface area contributed by atoms with E-state index in [2.05, 4.69) is 5.32 Å². The van der Waals surface area contributed by atoms with Crippen molar-refractivity contribution < 1.29 is 8.42 Å². The Morgan fingerprint density at radius 2 is 2.00 bits per heavy atom. The van der Waals surface area contributed by atoms with E-state index in [0.29, 0.717) is 19.1 Å². The average molecular weight is 257 g/mol. The molecule has 1 fully saturated rings. The Bertz CT molecular complexity index is 280. The van der Waals surface area contributed by atoms with Gasteiger partial charge in [0.2, 0.25) is 10.0 Å². The van der Waals surface area contributed by atoms with Crippen LogP contribution in [0.3, 0.4) is 0 Å². The van der Waals surface area contributed by atoms with E-state index in [0.717, 1.165) is 12.8 Å². The predicted molar refractivity (Wildman–Crippen MR) is 65.0 cm³/mol. The van der Waals surface area contributed by atoms with Crippen LogP contribution in [0.25, 0.3) is 0 Å². The van der Waals surface area contributed by atoms with Crippen molar-refractivity contribution in [3.8, 4) is 0 Å². The third-order valence-electron chi connectivity index (χ3n) is 2.75. The van der Waals surface area contributed by atoms with Gasteiger partial charge >= 0.3 is 0 Å². The minimum atomic E-state index is -3.05. The summed E-state index contributed by atoms with van der Waals surface area (Å²) in [5, 5.41) is 2.83. The normalized spacial score (nSPS) is 23.9. The average Bonchev–Trinajstić information content (AvgIpc) is 2.17. The number of rotatable bonds is 3. The molecule has 4 nitrogen and oxygen atoms in total. The molecule has 1 aliphatic rings. The summed E-state index contributed by atoms with van der Waals surface area (Å²) in [5.41, 5.74) is 0. The zero-order chi connectivity index (χ0) is 10.8. The Morgan fingerprint density at radius 3 is 2.47 bits per heavy atom. The molecule has 0 unspecified atom stereocenters. The number of sulfonamides is 1. The Kier molecular flexibility index (Phi) is 6.10. The quantitative estimate of drug-likeness (QED) is 0.814. The van der Waals surface area contributed by atoms with Gasteiger partial charge in [-0.2, -0.15) is 0 Å². The first-order valence-electron chi connectivity index (χ1n) is 5.14. The lowest BCUT2D eigenvalue weighted by Gasteiger charge is -2.32. The lowest BCUT2D eigenvalue weighted by Crippen LogP contribution is -2.48. The Balaban J connectivity index is 0.00000196. The molecule has 0 aromatic heterocycles. The minimum Gasteiger partial charge on any atom is -0.316 e. The molecule has 1 N–H and O–H groups in total. The molecule has 1 aliphatic heterocycles. The molecular weight excluding hydrogens is 236 g/mol. The molecule has 6 heteroatoms. The fourth-order valence-corrected chi connectivity index (χ4v) is 3.07. The SMILES string of the molecule is CN[C@H]1CCCN(S(=O)(=O)C(C)C)C1.Cl. The van der Waals surface area contributed by atoms with Gasteiger partial charge in [0.1, 0.15) is 0 Å². The van der Waals surface area contributed by atoms with Gasteiger partial charge in [0.15, 0.2) is 0 Å². The first kappa shape index (κ1) is 15.2. The molecule has 0 amide bonds. The monoisotopic (exact) mass is 256 g/mol. The maximum absolute atomic E-state index is 11.8. The van der Waals surface area contributed by atoms with Crippen LogP contribution in [0.4, 0.5) is 0 Å². The fourth-order valence-electron chi connectivity index (χ4n) is 1.71. The lowest BCUT2D eigenvalue weighted by atomic mass is 10.1. The predicted octanol–water partition coefficient (Wildman–Crippen LogP) is 0.830. The van der Waals surface area contributed by atoms with Gasteiger partial charge in [0.25, 0.3) is 0 Å². The van der Waals surface area contributed by atoms with Crippen LogP contribution < -0.4 is 5.32 Å². The number of nitrogens with zero attached hydrogens (tertiary/aromatic N) is 1. The van der Waals surface area contributed by atoms with Crippen LogP contribution in [0.15, 0.2) is 0 Å². The summed E-state index contributed by atoms with van der Waals surface area (Å²) < 4.78 is 25.3. The summed E-state index contributed by atoms with van der Waals surface area (Å²) in [6.45, 7) is 4.77.